The number of hydrogen-bond acceptors (Lipinski definition) is 5. The van der Waals surface area contributed by atoms with Crippen LogP contribution in [0.4, 0.5) is 10.6 Å². The SMILES string of the molecule is C[C@@H](Oc1cc(-c2cc3n(n2)CC[C@@]32CCN(C(=O)O)C2)cnc1N)c1ccccc1. The summed E-state index contributed by atoms with van der Waals surface area (Å²) in [5, 5.41) is 14.1. The minimum Gasteiger partial charge on any atom is -0.482 e. The van der Waals surface area contributed by atoms with Crippen molar-refractivity contribution in [2.24, 2.45) is 0 Å². The van der Waals surface area contributed by atoms with E-state index < -0.39 is 6.09 Å². The van der Waals surface area contributed by atoms with E-state index in [0.29, 0.717) is 24.7 Å². The number of aryl methyl sites for hydroxylation is 1. The fraction of sp³-hybridized carbons (Fsp3) is 0.348. The monoisotopic (exact) mass is 419 g/mol. The molecule has 2 atom stereocenters. The van der Waals surface area contributed by atoms with E-state index in [9.17, 15) is 9.90 Å². The molecule has 0 saturated carbocycles. The van der Waals surface area contributed by atoms with Gasteiger partial charge in [-0.1, -0.05) is 30.3 Å². The molecule has 0 radical (unpaired) electrons. The highest BCUT2D eigenvalue weighted by Gasteiger charge is 2.47. The zero-order valence-electron chi connectivity index (χ0n) is 17.4. The van der Waals surface area contributed by atoms with E-state index in [1.54, 1.807) is 6.20 Å². The van der Waals surface area contributed by atoms with Crippen molar-refractivity contribution in [2.45, 2.75) is 37.8 Å². The summed E-state index contributed by atoms with van der Waals surface area (Å²) in [5.74, 6) is 0.859. The van der Waals surface area contributed by atoms with Gasteiger partial charge >= 0.3 is 6.09 Å². The van der Waals surface area contributed by atoms with Crippen LogP contribution in [0.5, 0.6) is 5.75 Å². The number of pyridine rings is 1. The maximum Gasteiger partial charge on any atom is 0.407 e. The molecule has 1 fully saturated rings. The van der Waals surface area contributed by atoms with Crippen LogP contribution in [0.15, 0.2) is 48.7 Å². The number of carboxylic acid groups (broad SMARTS) is 1. The van der Waals surface area contributed by atoms with Crippen molar-refractivity contribution in [2.75, 3.05) is 18.8 Å². The molecule has 31 heavy (non-hydrogen) atoms. The molecule has 2 aromatic heterocycles. The second-order valence-corrected chi connectivity index (χ2v) is 8.40. The van der Waals surface area contributed by atoms with Crippen LogP contribution in [-0.4, -0.2) is 44.0 Å². The molecular formula is C23H25N5O3. The van der Waals surface area contributed by atoms with Gasteiger partial charge in [-0.05, 0) is 37.5 Å². The number of carbonyl (C=O) groups is 1. The summed E-state index contributed by atoms with van der Waals surface area (Å²) in [5.41, 5.74) is 9.72. The van der Waals surface area contributed by atoms with Gasteiger partial charge in [0, 0.05) is 42.5 Å². The molecule has 2 aliphatic heterocycles. The zero-order valence-corrected chi connectivity index (χ0v) is 17.4. The van der Waals surface area contributed by atoms with Gasteiger partial charge < -0.3 is 20.5 Å². The molecule has 1 amide bonds. The first-order chi connectivity index (χ1) is 14.9. The number of ether oxygens (including phenoxy) is 1. The number of nitrogens with zero attached hydrogens (tertiary/aromatic N) is 4. The number of likely N-dealkylation sites (tertiary alicyclic amines) is 1. The summed E-state index contributed by atoms with van der Waals surface area (Å²) >= 11 is 0. The third-order valence-corrected chi connectivity index (χ3v) is 6.50. The van der Waals surface area contributed by atoms with Gasteiger partial charge in [-0.2, -0.15) is 5.10 Å². The van der Waals surface area contributed by atoms with Gasteiger partial charge in [0.25, 0.3) is 0 Å². The molecule has 4 heterocycles. The Kier molecular flexibility index (Phi) is 4.57. The lowest BCUT2D eigenvalue weighted by atomic mass is 9.82. The Morgan fingerprint density at radius 3 is 2.74 bits per heavy atom. The number of fused-ring (bicyclic) bond motifs is 2. The zero-order chi connectivity index (χ0) is 21.6. The first-order valence-corrected chi connectivity index (χ1v) is 10.5. The molecule has 8 heteroatoms. The predicted molar refractivity (Wildman–Crippen MR) is 116 cm³/mol. The lowest BCUT2D eigenvalue weighted by molar-refractivity contribution is 0.153. The largest absolute Gasteiger partial charge is 0.482 e. The lowest BCUT2D eigenvalue weighted by Crippen LogP contribution is -2.32. The first kappa shape index (κ1) is 19.4. The van der Waals surface area contributed by atoms with Gasteiger partial charge in [-0.3, -0.25) is 4.68 Å². The van der Waals surface area contributed by atoms with Gasteiger partial charge in [0.05, 0.1) is 5.69 Å². The molecule has 8 nitrogen and oxygen atoms in total. The van der Waals surface area contributed by atoms with Crippen molar-refractivity contribution in [1.29, 1.82) is 0 Å². The number of rotatable bonds is 4. The molecule has 5 rings (SSSR count). The van der Waals surface area contributed by atoms with Crippen molar-refractivity contribution in [3.8, 4) is 17.0 Å². The maximum absolute atomic E-state index is 11.4. The van der Waals surface area contributed by atoms with E-state index in [1.165, 1.54) is 4.90 Å². The predicted octanol–water partition coefficient (Wildman–Crippen LogP) is 3.69. The minimum absolute atomic E-state index is 0.147. The van der Waals surface area contributed by atoms with E-state index >= 15 is 0 Å². The Morgan fingerprint density at radius 1 is 1.23 bits per heavy atom. The number of nitrogen functional groups attached to an aromatic ring is 1. The van der Waals surface area contributed by atoms with E-state index in [-0.39, 0.29) is 11.5 Å². The van der Waals surface area contributed by atoms with Crippen molar-refractivity contribution in [1.82, 2.24) is 19.7 Å². The Morgan fingerprint density at radius 2 is 2.00 bits per heavy atom. The van der Waals surface area contributed by atoms with Crippen LogP contribution in [0.2, 0.25) is 0 Å². The summed E-state index contributed by atoms with van der Waals surface area (Å²) in [6.45, 7) is 3.86. The van der Waals surface area contributed by atoms with Gasteiger partial charge in [-0.15, -0.1) is 0 Å². The molecule has 3 N–H and O–H groups in total. The average Bonchev–Trinajstić information content (AvgIpc) is 3.47. The van der Waals surface area contributed by atoms with Crippen LogP contribution in [0.3, 0.4) is 0 Å². The van der Waals surface area contributed by atoms with Crippen LogP contribution in [0, 0.1) is 0 Å². The number of hydrogen-bond donors (Lipinski definition) is 2. The van der Waals surface area contributed by atoms with E-state index in [0.717, 1.165) is 41.9 Å². The first-order valence-electron chi connectivity index (χ1n) is 10.5. The fourth-order valence-corrected chi connectivity index (χ4v) is 4.72. The molecule has 160 valence electrons. The number of anilines is 1. The quantitative estimate of drug-likeness (QED) is 0.668. The van der Waals surface area contributed by atoms with Crippen LogP contribution >= 0.6 is 0 Å². The molecular weight excluding hydrogens is 394 g/mol. The number of nitrogens with two attached hydrogens (primary N) is 1. The van der Waals surface area contributed by atoms with Gasteiger partial charge in [0.2, 0.25) is 0 Å². The summed E-state index contributed by atoms with van der Waals surface area (Å²) in [4.78, 5) is 17.2. The highest BCUT2D eigenvalue weighted by molar-refractivity contribution is 5.67. The van der Waals surface area contributed by atoms with Crippen LogP contribution in [0.1, 0.15) is 37.1 Å². The third kappa shape index (κ3) is 3.37. The molecule has 2 aliphatic rings. The van der Waals surface area contributed by atoms with Crippen LogP contribution < -0.4 is 10.5 Å². The van der Waals surface area contributed by atoms with Gasteiger partial charge in [0.15, 0.2) is 11.6 Å². The highest BCUT2D eigenvalue weighted by atomic mass is 16.5. The molecule has 0 aliphatic carbocycles. The molecule has 3 aromatic rings. The maximum atomic E-state index is 11.4. The van der Waals surface area contributed by atoms with E-state index in [2.05, 4.69) is 11.1 Å². The van der Waals surface area contributed by atoms with Crippen molar-refractivity contribution >= 4 is 11.9 Å². The summed E-state index contributed by atoms with van der Waals surface area (Å²) < 4.78 is 8.11. The number of aromatic nitrogens is 3. The highest BCUT2D eigenvalue weighted by Crippen LogP contribution is 2.44. The van der Waals surface area contributed by atoms with Gasteiger partial charge in [0.1, 0.15) is 6.10 Å². The van der Waals surface area contributed by atoms with Gasteiger partial charge in [-0.25, -0.2) is 9.78 Å². The molecule has 0 unspecified atom stereocenters. The Balaban J connectivity index is 1.42. The number of amides is 1. The molecule has 0 bridgehead atoms. The lowest BCUT2D eigenvalue weighted by Gasteiger charge is -2.22. The van der Waals surface area contributed by atoms with Crippen LogP contribution in [-0.2, 0) is 12.0 Å². The minimum atomic E-state index is -0.855. The topological polar surface area (TPSA) is 106 Å². The summed E-state index contributed by atoms with van der Waals surface area (Å²) in [7, 11) is 0. The summed E-state index contributed by atoms with van der Waals surface area (Å²) in [6, 6.07) is 13.9. The molecule has 1 saturated heterocycles. The van der Waals surface area contributed by atoms with Crippen molar-refractivity contribution in [3.63, 3.8) is 0 Å². The normalized spacial score (nSPS) is 20.7. The smallest absolute Gasteiger partial charge is 0.407 e. The standard InChI is InChI=1S/C23H25N5O3/c1-15(16-5-3-2-4-6-16)31-19-11-17(13-25-21(19)24)18-12-20-23(8-10-28(20)26-18)7-9-27(14-23)22(29)30/h2-6,11-13,15H,7-10,14H2,1H3,(H2,24,25)(H,29,30)/t15-,23-/m1/s1. The third-order valence-electron chi connectivity index (χ3n) is 6.50. The average molecular weight is 419 g/mol. The Hall–Kier alpha value is -3.55. The van der Waals surface area contributed by atoms with Crippen molar-refractivity contribution in [3.05, 3.63) is 59.9 Å². The second kappa shape index (κ2) is 7.30. The van der Waals surface area contributed by atoms with Crippen LogP contribution in [0.25, 0.3) is 11.3 Å². The fourth-order valence-electron chi connectivity index (χ4n) is 4.72. The molecule has 1 spiro atoms. The Labute approximate surface area is 180 Å². The second-order valence-electron chi connectivity index (χ2n) is 8.40. The van der Waals surface area contributed by atoms with Crippen molar-refractivity contribution < 1.29 is 14.6 Å². The summed E-state index contributed by atoms with van der Waals surface area (Å²) in [6.07, 6.45) is 2.43. The number of benzene rings is 1. The molecule has 1 aromatic carbocycles. The van der Waals surface area contributed by atoms with E-state index in [4.69, 9.17) is 15.6 Å². The van der Waals surface area contributed by atoms with E-state index in [1.807, 2.05) is 48.0 Å². The Bertz CT molecular complexity index is 1130.